The molecular weight excluding hydrogens is 254 g/mol. The van der Waals surface area contributed by atoms with Crippen molar-refractivity contribution < 1.29 is 4.74 Å². The fourth-order valence-electron chi connectivity index (χ4n) is 3.32. The predicted octanol–water partition coefficient (Wildman–Crippen LogP) is 3.03. The quantitative estimate of drug-likeness (QED) is 0.914. The molecule has 2 aliphatic rings. The Bertz CT molecular complexity index is 417. The van der Waals surface area contributed by atoms with Gasteiger partial charge in [-0.1, -0.05) is 24.3 Å². The van der Waals surface area contributed by atoms with Crippen LogP contribution in [0.15, 0.2) is 24.3 Å². The van der Waals surface area contributed by atoms with Crippen molar-refractivity contribution in [3.63, 3.8) is 0 Å². The summed E-state index contributed by atoms with van der Waals surface area (Å²) in [6, 6.07) is 9.37. The molecule has 3 atom stereocenters. The molecule has 2 heterocycles. The van der Waals surface area contributed by atoms with Gasteiger partial charge in [0.1, 0.15) is 0 Å². The molecule has 1 fully saturated rings. The summed E-state index contributed by atoms with van der Waals surface area (Å²) in [6.45, 7) is 0.873. The lowest BCUT2D eigenvalue weighted by Crippen LogP contribution is -2.36. The lowest BCUT2D eigenvalue weighted by atomic mass is 9.88. The van der Waals surface area contributed by atoms with Gasteiger partial charge >= 0.3 is 0 Å². The van der Waals surface area contributed by atoms with E-state index in [9.17, 15) is 0 Å². The van der Waals surface area contributed by atoms with Crippen LogP contribution in [-0.2, 0) is 11.2 Å². The van der Waals surface area contributed by atoms with Crippen LogP contribution in [0.2, 0.25) is 0 Å². The molecule has 2 nitrogen and oxygen atoms in total. The summed E-state index contributed by atoms with van der Waals surface area (Å²) in [5.41, 5.74) is 2.90. The van der Waals surface area contributed by atoms with E-state index < -0.39 is 0 Å². The van der Waals surface area contributed by atoms with Gasteiger partial charge in [-0.2, -0.15) is 11.8 Å². The number of thioether (sulfide) groups is 1. The van der Waals surface area contributed by atoms with Crippen LogP contribution in [0.3, 0.4) is 0 Å². The highest BCUT2D eigenvalue weighted by atomic mass is 32.2. The van der Waals surface area contributed by atoms with Crippen molar-refractivity contribution in [1.29, 1.82) is 0 Å². The summed E-state index contributed by atoms with van der Waals surface area (Å²) in [5.74, 6) is 3.44. The second-order valence-corrected chi connectivity index (χ2v) is 6.71. The van der Waals surface area contributed by atoms with Gasteiger partial charge in [0.05, 0.1) is 12.7 Å². The molecule has 0 aliphatic carbocycles. The molecule has 19 heavy (non-hydrogen) atoms. The summed E-state index contributed by atoms with van der Waals surface area (Å²) in [7, 11) is 2.10. The van der Waals surface area contributed by atoms with Crippen LogP contribution >= 0.6 is 11.8 Å². The van der Waals surface area contributed by atoms with Gasteiger partial charge in [-0.3, -0.25) is 0 Å². The van der Waals surface area contributed by atoms with Crippen molar-refractivity contribution in [2.75, 3.05) is 25.2 Å². The summed E-state index contributed by atoms with van der Waals surface area (Å²) < 4.78 is 6.05. The van der Waals surface area contributed by atoms with Gasteiger partial charge in [-0.25, -0.2) is 0 Å². The van der Waals surface area contributed by atoms with Crippen LogP contribution in [-0.4, -0.2) is 31.2 Å². The van der Waals surface area contributed by atoms with E-state index in [1.165, 1.54) is 29.1 Å². The third-order valence-electron chi connectivity index (χ3n) is 4.47. The predicted molar refractivity (Wildman–Crippen MR) is 81.7 cm³/mol. The van der Waals surface area contributed by atoms with E-state index in [4.69, 9.17) is 4.74 Å². The largest absolute Gasteiger partial charge is 0.373 e. The Kier molecular flexibility index (Phi) is 4.46. The Morgan fingerprint density at radius 2 is 2.32 bits per heavy atom. The number of hydrogen-bond acceptors (Lipinski definition) is 3. The zero-order valence-corrected chi connectivity index (χ0v) is 12.4. The van der Waals surface area contributed by atoms with Gasteiger partial charge in [-0.05, 0) is 54.9 Å². The van der Waals surface area contributed by atoms with Crippen molar-refractivity contribution in [3.8, 4) is 0 Å². The standard InChI is InChI=1S/C16H23NOS/c1-17-15(13-7-9-19-11-13)10-16-14-5-3-2-4-12(14)6-8-18-16/h2-5,13,15-17H,6-11H2,1H3. The molecule has 0 amide bonds. The minimum atomic E-state index is 0.285. The normalized spacial score (nSPS) is 28.1. The molecule has 1 saturated heterocycles. The third kappa shape index (κ3) is 2.99. The van der Waals surface area contributed by atoms with E-state index in [-0.39, 0.29) is 6.10 Å². The van der Waals surface area contributed by atoms with Crippen LogP contribution in [0.4, 0.5) is 0 Å². The minimum Gasteiger partial charge on any atom is -0.373 e. The monoisotopic (exact) mass is 277 g/mol. The molecule has 3 heteroatoms. The Hall–Kier alpha value is -0.510. The van der Waals surface area contributed by atoms with Crippen LogP contribution < -0.4 is 5.32 Å². The Morgan fingerprint density at radius 1 is 1.42 bits per heavy atom. The van der Waals surface area contributed by atoms with E-state index in [0.717, 1.165) is 25.4 Å². The molecule has 1 N–H and O–H groups in total. The molecule has 0 radical (unpaired) electrons. The molecule has 0 aromatic heterocycles. The number of benzene rings is 1. The van der Waals surface area contributed by atoms with E-state index >= 15 is 0 Å². The van der Waals surface area contributed by atoms with Crippen molar-refractivity contribution in [1.82, 2.24) is 5.32 Å². The van der Waals surface area contributed by atoms with Gasteiger partial charge in [0.25, 0.3) is 0 Å². The molecule has 0 bridgehead atoms. The second kappa shape index (κ2) is 6.29. The Balaban J connectivity index is 1.72. The molecule has 0 saturated carbocycles. The zero-order valence-electron chi connectivity index (χ0n) is 11.6. The molecule has 2 aliphatic heterocycles. The topological polar surface area (TPSA) is 21.3 Å². The van der Waals surface area contributed by atoms with Crippen LogP contribution in [0.25, 0.3) is 0 Å². The van der Waals surface area contributed by atoms with E-state index in [1.807, 2.05) is 0 Å². The van der Waals surface area contributed by atoms with Crippen LogP contribution in [0.1, 0.15) is 30.1 Å². The fraction of sp³-hybridized carbons (Fsp3) is 0.625. The molecule has 1 aromatic rings. The maximum atomic E-state index is 6.05. The summed E-state index contributed by atoms with van der Waals surface area (Å²) >= 11 is 2.09. The van der Waals surface area contributed by atoms with E-state index in [1.54, 1.807) is 0 Å². The first-order valence-electron chi connectivity index (χ1n) is 7.33. The third-order valence-corrected chi connectivity index (χ3v) is 5.65. The lowest BCUT2D eigenvalue weighted by Gasteiger charge is -2.31. The van der Waals surface area contributed by atoms with Gasteiger partial charge < -0.3 is 10.1 Å². The van der Waals surface area contributed by atoms with Gasteiger partial charge in [0.15, 0.2) is 0 Å². The lowest BCUT2D eigenvalue weighted by molar-refractivity contribution is 0.0261. The van der Waals surface area contributed by atoms with Crippen molar-refractivity contribution in [2.45, 2.75) is 31.4 Å². The Morgan fingerprint density at radius 3 is 3.11 bits per heavy atom. The second-order valence-electron chi connectivity index (χ2n) is 5.56. The minimum absolute atomic E-state index is 0.285. The van der Waals surface area contributed by atoms with E-state index in [0.29, 0.717) is 6.04 Å². The van der Waals surface area contributed by atoms with Crippen molar-refractivity contribution in [2.24, 2.45) is 5.92 Å². The molecular formula is C16H23NOS. The van der Waals surface area contributed by atoms with Crippen molar-refractivity contribution >= 4 is 11.8 Å². The first-order valence-corrected chi connectivity index (χ1v) is 8.48. The first kappa shape index (κ1) is 13.5. The molecule has 3 rings (SSSR count). The highest BCUT2D eigenvalue weighted by Crippen LogP contribution is 2.34. The summed E-state index contributed by atoms with van der Waals surface area (Å²) in [6.07, 6.45) is 3.81. The Labute approximate surface area is 120 Å². The summed E-state index contributed by atoms with van der Waals surface area (Å²) in [4.78, 5) is 0. The fourth-order valence-corrected chi connectivity index (χ4v) is 4.66. The van der Waals surface area contributed by atoms with Gasteiger partial charge in [-0.15, -0.1) is 0 Å². The first-order chi connectivity index (χ1) is 9.38. The molecule has 0 spiro atoms. The SMILES string of the molecule is CNC(CC1OCCc2ccccc21)C1CCSC1. The van der Waals surface area contributed by atoms with E-state index in [2.05, 4.69) is 48.4 Å². The number of rotatable bonds is 4. The smallest absolute Gasteiger partial charge is 0.0842 e. The summed E-state index contributed by atoms with van der Waals surface area (Å²) in [5, 5.41) is 3.53. The number of hydrogen-bond donors (Lipinski definition) is 1. The zero-order chi connectivity index (χ0) is 13.1. The maximum Gasteiger partial charge on any atom is 0.0842 e. The molecule has 3 unspecified atom stereocenters. The van der Waals surface area contributed by atoms with Gasteiger partial charge in [0.2, 0.25) is 0 Å². The van der Waals surface area contributed by atoms with Crippen LogP contribution in [0, 0.1) is 5.92 Å². The maximum absolute atomic E-state index is 6.05. The highest BCUT2D eigenvalue weighted by Gasteiger charge is 2.29. The molecule has 104 valence electrons. The number of ether oxygens (including phenoxy) is 1. The average molecular weight is 277 g/mol. The number of fused-ring (bicyclic) bond motifs is 1. The van der Waals surface area contributed by atoms with Crippen molar-refractivity contribution in [3.05, 3.63) is 35.4 Å². The highest BCUT2D eigenvalue weighted by molar-refractivity contribution is 7.99. The number of nitrogens with one attached hydrogen (secondary N) is 1. The molecule has 1 aromatic carbocycles. The average Bonchev–Trinajstić information content (AvgIpc) is 2.99. The van der Waals surface area contributed by atoms with Gasteiger partial charge in [0, 0.05) is 6.04 Å². The van der Waals surface area contributed by atoms with Crippen LogP contribution in [0.5, 0.6) is 0 Å².